The molecule has 116 valence electrons. The Morgan fingerprint density at radius 3 is 2.57 bits per heavy atom. The fourth-order valence-electron chi connectivity index (χ4n) is 3.02. The van der Waals surface area contributed by atoms with Crippen molar-refractivity contribution in [3.63, 3.8) is 0 Å². The molecular weight excluding hydrogens is 264 g/mol. The van der Waals surface area contributed by atoms with Crippen LogP contribution in [0.4, 0.5) is 11.6 Å². The zero-order chi connectivity index (χ0) is 14.8. The minimum atomic E-state index is -0.197. The number of hydrogen-bond acceptors (Lipinski definition) is 5. The molecule has 1 saturated carbocycles. The predicted octanol–water partition coefficient (Wildman–Crippen LogP) is 2.38. The molecule has 5 nitrogen and oxygen atoms in total. The highest BCUT2D eigenvalue weighted by Crippen LogP contribution is 2.39. The summed E-state index contributed by atoms with van der Waals surface area (Å²) in [7, 11) is 0. The maximum atomic E-state index is 9.72. The van der Waals surface area contributed by atoms with E-state index in [0.29, 0.717) is 11.8 Å². The molecule has 1 aromatic rings. The molecular formula is C16H26N4O. The molecule has 1 unspecified atom stereocenters. The first-order chi connectivity index (χ1) is 10.2. The number of nitrogens with one attached hydrogen (secondary N) is 1. The van der Waals surface area contributed by atoms with Gasteiger partial charge in [0.15, 0.2) is 0 Å². The molecule has 1 aliphatic heterocycles. The van der Waals surface area contributed by atoms with Gasteiger partial charge >= 0.3 is 0 Å². The van der Waals surface area contributed by atoms with Crippen LogP contribution in [0.5, 0.6) is 0 Å². The smallest absolute Gasteiger partial charge is 0.136 e. The first-order valence-electron chi connectivity index (χ1n) is 8.23. The van der Waals surface area contributed by atoms with Gasteiger partial charge in [-0.25, -0.2) is 9.97 Å². The van der Waals surface area contributed by atoms with Gasteiger partial charge in [0.1, 0.15) is 17.5 Å². The topological polar surface area (TPSA) is 61.3 Å². The molecule has 0 radical (unpaired) electrons. The number of piperidine rings is 1. The van der Waals surface area contributed by atoms with Crippen molar-refractivity contribution in [1.29, 1.82) is 0 Å². The first kappa shape index (κ1) is 14.6. The zero-order valence-electron chi connectivity index (χ0n) is 13.0. The molecule has 2 aliphatic rings. The fraction of sp³-hybridized carbons (Fsp3) is 0.750. The number of anilines is 2. The minimum Gasteiger partial charge on any atom is -0.393 e. The van der Waals surface area contributed by atoms with E-state index in [0.717, 1.165) is 49.9 Å². The highest BCUT2D eigenvalue weighted by Gasteiger charge is 2.29. The summed E-state index contributed by atoms with van der Waals surface area (Å²) < 4.78 is 0. The lowest BCUT2D eigenvalue weighted by molar-refractivity contribution is 0.110. The minimum absolute atomic E-state index is 0.197. The van der Waals surface area contributed by atoms with Crippen LogP contribution in [0.15, 0.2) is 6.07 Å². The van der Waals surface area contributed by atoms with E-state index in [1.165, 1.54) is 12.8 Å². The summed E-state index contributed by atoms with van der Waals surface area (Å²) in [5, 5.41) is 13.0. The van der Waals surface area contributed by atoms with Crippen LogP contribution in [0.25, 0.3) is 0 Å². The number of hydrogen-bond donors (Lipinski definition) is 2. The normalized spacial score (nSPS) is 21.4. The molecule has 2 fully saturated rings. The van der Waals surface area contributed by atoms with E-state index in [4.69, 9.17) is 4.98 Å². The van der Waals surface area contributed by atoms with Crippen LogP contribution in [-0.2, 0) is 0 Å². The van der Waals surface area contributed by atoms with Gasteiger partial charge in [0.05, 0.1) is 6.10 Å². The Labute approximate surface area is 126 Å². The third-order valence-electron chi connectivity index (χ3n) is 4.58. The van der Waals surface area contributed by atoms with E-state index < -0.39 is 0 Å². The Bertz CT molecular complexity index is 479. The summed E-state index contributed by atoms with van der Waals surface area (Å²) >= 11 is 0. The van der Waals surface area contributed by atoms with Crippen molar-refractivity contribution in [2.24, 2.45) is 5.92 Å². The second-order valence-corrected chi connectivity index (χ2v) is 6.34. The quantitative estimate of drug-likeness (QED) is 0.872. The van der Waals surface area contributed by atoms with Gasteiger partial charge in [-0.2, -0.15) is 0 Å². The van der Waals surface area contributed by atoms with E-state index in [1.807, 2.05) is 6.92 Å². The molecule has 1 atom stereocenters. The molecule has 5 heteroatoms. The molecule has 1 aliphatic carbocycles. The van der Waals surface area contributed by atoms with Crippen LogP contribution in [-0.4, -0.2) is 40.8 Å². The Morgan fingerprint density at radius 2 is 2.00 bits per heavy atom. The maximum absolute atomic E-state index is 9.72. The monoisotopic (exact) mass is 290 g/mol. The first-order valence-corrected chi connectivity index (χ1v) is 8.23. The van der Waals surface area contributed by atoms with Crippen molar-refractivity contribution in [3.8, 4) is 0 Å². The molecule has 0 spiro atoms. The van der Waals surface area contributed by atoms with E-state index in [9.17, 15) is 5.11 Å². The van der Waals surface area contributed by atoms with Crippen LogP contribution < -0.4 is 10.2 Å². The molecule has 0 amide bonds. The summed E-state index contributed by atoms with van der Waals surface area (Å²) in [5.74, 6) is 3.99. The van der Waals surface area contributed by atoms with Gasteiger partial charge in [-0.05, 0) is 45.4 Å². The summed E-state index contributed by atoms with van der Waals surface area (Å²) in [5.41, 5.74) is 0. The van der Waals surface area contributed by atoms with Gasteiger partial charge < -0.3 is 15.3 Å². The molecule has 2 N–H and O–H groups in total. The molecule has 2 heterocycles. The SMILES string of the molecule is CCNc1cc(N2CCC(C(C)O)CC2)nc(C2CC2)n1. The lowest BCUT2D eigenvalue weighted by Gasteiger charge is -2.34. The molecule has 3 rings (SSSR count). The van der Waals surface area contributed by atoms with Crippen molar-refractivity contribution in [3.05, 3.63) is 11.9 Å². The Kier molecular flexibility index (Phi) is 4.29. The Hall–Kier alpha value is -1.36. The number of aromatic nitrogens is 2. The van der Waals surface area contributed by atoms with Crippen molar-refractivity contribution in [2.45, 2.75) is 51.6 Å². The van der Waals surface area contributed by atoms with Gasteiger partial charge in [0.25, 0.3) is 0 Å². The average molecular weight is 290 g/mol. The molecule has 21 heavy (non-hydrogen) atoms. The van der Waals surface area contributed by atoms with Crippen LogP contribution in [0.3, 0.4) is 0 Å². The van der Waals surface area contributed by atoms with Crippen molar-refractivity contribution in [2.75, 3.05) is 29.9 Å². The van der Waals surface area contributed by atoms with Crippen LogP contribution in [0.2, 0.25) is 0 Å². The van der Waals surface area contributed by atoms with Gasteiger partial charge in [0, 0.05) is 31.6 Å². The fourth-order valence-corrected chi connectivity index (χ4v) is 3.02. The van der Waals surface area contributed by atoms with Crippen LogP contribution in [0.1, 0.15) is 51.3 Å². The summed E-state index contributed by atoms with van der Waals surface area (Å²) in [6, 6.07) is 2.07. The summed E-state index contributed by atoms with van der Waals surface area (Å²) in [6.07, 6.45) is 4.32. The highest BCUT2D eigenvalue weighted by molar-refractivity contribution is 5.50. The third-order valence-corrected chi connectivity index (χ3v) is 4.58. The van der Waals surface area contributed by atoms with Crippen molar-refractivity contribution >= 4 is 11.6 Å². The number of rotatable bonds is 5. The average Bonchev–Trinajstić information content (AvgIpc) is 3.32. The van der Waals surface area contributed by atoms with Crippen LogP contribution in [0, 0.1) is 5.92 Å². The Morgan fingerprint density at radius 1 is 1.29 bits per heavy atom. The number of aliphatic hydroxyl groups excluding tert-OH is 1. The van der Waals surface area contributed by atoms with Crippen molar-refractivity contribution in [1.82, 2.24) is 9.97 Å². The lowest BCUT2D eigenvalue weighted by Crippen LogP contribution is -2.37. The predicted molar refractivity (Wildman–Crippen MR) is 84.8 cm³/mol. The second kappa shape index (κ2) is 6.18. The highest BCUT2D eigenvalue weighted by atomic mass is 16.3. The van der Waals surface area contributed by atoms with Crippen molar-refractivity contribution < 1.29 is 5.11 Å². The zero-order valence-corrected chi connectivity index (χ0v) is 13.0. The number of nitrogens with zero attached hydrogens (tertiary/aromatic N) is 3. The largest absolute Gasteiger partial charge is 0.393 e. The van der Waals surface area contributed by atoms with Gasteiger partial charge in [0.2, 0.25) is 0 Å². The third kappa shape index (κ3) is 3.46. The standard InChI is InChI=1S/C16H26N4O/c1-3-17-14-10-15(19-16(18-14)13-4-5-13)20-8-6-12(7-9-20)11(2)21/h10-13,21H,3-9H2,1-2H3,(H,17,18,19). The van der Waals surface area contributed by atoms with Gasteiger partial charge in [-0.15, -0.1) is 0 Å². The lowest BCUT2D eigenvalue weighted by atomic mass is 9.92. The van der Waals surface area contributed by atoms with E-state index in [2.05, 4.69) is 28.2 Å². The van der Waals surface area contributed by atoms with Gasteiger partial charge in [-0.3, -0.25) is 0 Å². The van der Waals surface area contributed by atoms with E-state index >= 15 is 0 Å². The Balaban J connectivity index is 1.75. The number of aliphatic hydroxyl groups is 1. The molecule has 1 saturated heterocycles. The molecule has 0 bridgehead atoms. The van der Waals surface area contributed by atoms with E-state index in [1.54, 1.807) is 0 Å². The van der Waals surface area contributed by atoms with E-state index in [-0.39, 0.29) is 6.10 Å². The molecule has 0 aromatic carbocycles. The van der Waals surface area contributed by atoms with Gasteiger partial charge in [-0.1, -0.05) is 0 Å². The maximum Gasteiger partial charge on any atom is 0.136 e. The summed E-state index contributed by atoms with van der Waals surface area (Å²) in [6.45, 7) is 6.82. The molecule has 1 aromatic heterocycles. The summed E-state index contributed by atoms with van der Waals surface area (Å²) in [4.78, 5) is 11.8. The second-order valence-electron chi connectivity index (χ2n) is 6.34. The van der Waals surface area contributed by atoms with Crippen LogP contribution >= 0.6 is 0 Å².